The van der Waals surface area contributed by atoms with Crippen LogP contribution in [0.25, 0.3) is 33.3 Å². The van der Waals surface area contributed by atoms with Gasteiger partial charge in [-0.15, -0.1) is 0 Å². The monoisotopic (exact) mass is 546 g/mol. The predicted molar refractivity (Wildman–Crippen MR) is 144 cm³/mol. The van der Waals surface area contributed by atoms with Crippen molar-refractivity contribution in [1.82, 2.24) is 24.5 Å². The summed E-state index contributed by atoms with van der Waals surface area (Å²) in [6.07, 6.45) is 7.02. The zero-order valence-corrected chi connectivity index (χ0v) is 21.7. The molecule has 0 unspecified atom stereocenters. The minimum Gasteiger partial charge on any atom is -0.431 e. The van der Waals surface area contributed by atoms with Crippen LogP contribution in [-0.4, -0.2) is 42.8 Å². The fourth-order valence-electron chi connectivity index (χ4n) is 4.97. The molecule has 0 amide bonds. The van der Waals surface area contributed by atoms with E-state index in [1.807, 2.05) is 22.8 Å². The molecule has 2 N–H and O–H groups in total. The van der Waals surface area contributed by atoms with Crippen molar-refractivity contribution in [3.63, 3.8) is 0 Å². The molecule has 4 heterocycles. The molecule has 0 fully saturated rings. The van der Waals surface area contributed by atoms with E-state index in [4.69, 9.17) is 9.72 Å². The van der Waals surface area contributed by atoms with Gasteiger partial charge in [-0.3, -0.25) is 4.98 Å². The molecule has 6 rings (SSSR count). The van der Waals surface area contributed by atoms with Crippen LogP contribution in [-0.2, 0) is 18.6 Å². The quantitative estimate of drug-likeness (QED) is 0.299. The third-order valence-electron chi connectivity index (χ3n) is 6.84. The summed E-state index contributed by atoms with van der Waals surface area (Å²) in [6.45, 7) is 0.492. The Labute approximate surface area is 227 Å². The minimum atomic E-state index is -3.20. The molecular weight excluding hydrogens is 521 g/mol. The fourth-order valence-corrected chi connectivity index (χ4v) is 4.97. The van der Waals surface area contributed by atoms with Crippen LogP contribution in [0.15, 0.2) is 61.2 Å². The lowest BCUT2D eigenvalue weighted by Gasteiger charge is -2.24. The number of nitrogens with one attached hydrogen (secondary N) is 1. The first-order chi connectivity index (χ1) is 19.2. The van der Waals surface area contributed by atoms with Gasteiger partial charge < -0.3 is 19.7 Å². The molecule has 0 spiro atoms. The van der Waals surface area contributed by atoms with Crippen molar-refractivity contribution >= 4 is 16.7 Å². The smallest absolute Gasteiger partial charge is 0.387 e. The van der Waals surface area contributed by atoms with Crippen molar-refractivity contribution in [2.75, 3.05) is 11.9 Å². The van der Waals surface area contributed by atoms with Crippen molar-refractivity contribution in [1.29, 1.82) is 0 Å². The number of benzene rings is 2. The number of fused-ring (bicyclic) bond motifs is 4. The summed E-state index contributed by atoms with van der Waals surface area (Å²) in [7, 11) is 0. The number of hydrogen-bond donors (Lipinski definition) is 2. The number of imidazole rings is 1. The van der Waals surface area contributed by atoms with Crippen molar-refractivity contribution < 1.29 is 23.0 Å². The van der Waals surface area contributed by atoms with Crippen LogP contribution in [0.1, 0.15) is 31.1 Å². The molecule has 0 saturated heterocycles. The van der Waals surface area contributed by atoms with Gasteiger partial charge >= 0.3 is 6.61 Å². The molecular formula is C29H25F3N6O2. The molecule has 0 saturated carbocycles. The molecule has 0 radical (unpaired) electrons. The van der Waals surface area contributed by atoms with Gasteiger partial charge in [0.2, 0.25) is 0 Å². The first-order valence-electron chi connectivity index (χ1n) is 12.7. The molecule has 5 aromatic rings. The maximum Gasteiger partial charge on any atom is 0.387 e. The second-order valence-electron chi connectivity index (χ2n) is 10.1. The first-order valence-corrected chi connectivity index (χ1v) is 12.7. The number of pyridine rings is 1. The summed E-state index contributed by atoms with van der Waals surface area (Å²) in [4.78, 5) is 17.5. The molecule has 40 heavy (non-hydrogen) atoms. The van der Waals surface area contributed by atoms with Crippen LogP contribution in [0.2, 0.25) is 0 Å². The highest BCUT2D eigenvalue weighted by molar-refractivity contribution is 5.85. The molecule has 1 aliphatic rings. The van der Waals surface area contributed by atoms with E-state index in [0.717, 1.165) is 16.6 Å². The fraction of sp³-hybridized carbons (Fsp3) is 0.241. The predicted octanol–water partition coefficient (Wildman–Crippen LogP) is 5.54. The summed E-state index contributed by atoms with van der Waals surface area (Å²) >= 11 is 0. The van der Waals surface area contributed by atoms with Gasteiger partial charge in [-0.05, 0) is 43.7 Å². The number of aliphatic hydroxyl groups is 1. The number of anilines is 1. The van der Waals surface area contributed by atoms with Crippen molar-refractivity contribution in [3.8, 4) is 28.0 Å². The van der Waals surface area contributed by atoms with E-state index in [-0.39, 0.29) is 12.1 Å². The number of alkyl halides is 2. The second kappa shape index (κ2) is 9.91. The highest BCUT2D eigenvalue weighted by Crippen LogP contribution is 2.41. The van der Waals surface area contributed by atoms with Crippen LogP contribution < -0.4 is 10.1 Å². The normalized spacial score (nSPS) is 13.4. The number of ether oxygens (including phenoxy) is 1. The zero-order chi connectivity index (χ0) is 28.0. The first kappa shape index (κ1) is 25.8. The largest absolute Gasteiger partial charge is 0.431 e. The number of hydrogen-bond acceptors (Lipinski definition) is 7. The Kier molecular flexibility index (Phi) is 6.38. The Hall–Kier alpha value is -4.51. The lowest BCUT2D eigenvalue weighted by atomic mass is 9.98. The van der Waals surface area contributed by atoms with Crippen LogP contribution in [0.4, 0.5) is 18.9 Å². The maximum atomic E-state index is 15.4. The van der Waals surface area contributed by atoms with Gasteiger partial charge in [0.15, 0.2) is 17.4 Å². The van der Waals surface area contributed by atoms with Crippen LogP contribution >= 0.6 is 0 Å². The Balaban J connectivity index is 1.50. The maximum absolute atomic E-state index is 15.4. The lowest BCUT2D eigenvalue weighted by molar-refractivity contribution is -0.0528. The average molecular weight is 547 g/mol. The molecule has 11 heteroatoms. The third kappa shape index (κ3) is 4.73. The van der Waals surface area contributed by atoms with E-state index in [1.54, 1.807) is 50.8 Å². The van der Waals surface area contributed by atoms with E-state index in [0.29, 0.717) is 46.9 Å². The average Bonchev–Trinajstić information content (AvgIpc) is 3.25. The topological polar surface area (TPSA) is 98.0 Å². The molecule has 204 valence electrons. The molecule has 8 nitrogen and oxygen atoms in total. The van der Waals surface area contributed by atoms with Gasteiger partial charge in [0.25, 0.3) is 0 Å². The van der Waals surface area contributed by atoms with Gasteiger partial charge in [0.05, 0.1) is 23.3 Å². The van der Waals surface area contributed by atoms with Crippen molar-refractivity contribution in [2.24, 2.45) is 0 Å². The Bertz CT molecular complexity index is 1700. The number of nitrogens with zero attached hydrogens (tertiary/aromatic N) is 5. The Morgan fingerprint density at radius 1 is 1.05 bits per heavy atom. The molecule has 3 aromatic heterocycles. The molecule has 2 aromatic carbocycles. The van der Waals surface area contributed by atoms with E-state index in [1.165, 1.54) is 6.07 Å². The molecule has 0 atom stereocenters. The van der Waals surface area contributed by atoms with Gasteiger partial charge in [0.1, 0.15) is 11.4 Å². The molecule has 0 bridgehead atoms. The van der Waals surface area contributed by atoms with Crippen molar-refractivity contribution in [2.45, 2.75) is 39.0 Å². The van der Waals surface area contributed by atoms with Crippen LogP contribution in [0.5, 0.6) is 5.75 Å². The number of halogens is 3. The number of rotatable bonds is 5. The summed E-state index contributed by atoms with van der Waals surface area (Å²) in [5.74, 6) is -0.384. The summed E-state index contributed by atoms with van der Waals surface area (Å²) in [5.41, 5.74) is 3.70. The number of aromatic nitrogens is 5. The third-order valence-corrected chi connectivity index (χ3v) is 6.84. The van der Waals surface area contributed by atoms with E-state index in [9.17, 15) is 13.9 Å². The van der Waals surface area contributed by atoms with Gasteiger partial charge in [0, 0.05) is 60.0 Å². The summed E-state index contributed by atoms with van der Waals surface area (Å²) in [5, 5.41) is 13.5. The van der Waals surface area contributed by atoms with Crippen molar-refractivity contribution in [3.05, 3.63) is 84.2 Å². The standard InChI is InChI=1S/C29H25F3N6O2/c1-29(2,39)27-35-13-18(14-36-27)16-5-6-22-23(10-16)38-15-20-25(34-9-7-24(38)37-22)19(17-4-3-8-33-12-17)11-21(30)26(20)40-28(31)32/h3-6,8,10-14,28,34,39H,7,9,15H2,1-2H3. The Morgan fingerprint density at radius 3 is 2.55 bits per heavy atom. The zero-order valence-electron chi connectivity index (χ0n) is 21.7. The highest BCUT2D eigenvalue weighted by atomic mass is 19.3. The summed E-state index contributed by atoms with van der Waals surface area (Å²) in [6, 6.07) is 10.4. The van der Waals surface area contributed by atoms with Gasteiger partial charge in [-0.25, -0.2) is 19.3 Å². The van der Waals surface area contributed by atoms with Gasteiger partial charge in [-0.1, -0.05) is 12.1 Å². The van der Waals surface area contributed by atoms with E-state index >= 15 is 4.39 Å². The van der Waals surface area contributed by atoms with Crippen LogP contribution in [0, 0.1) is 5.82 Å². The lowest BCUT2D eigenvalue weighted by Crippen LogP contribution is -2.19. The minimum absolute atomic E-state index is 0.0405. The Morgan fingerprint density at radius 2 is 1.85 bits per heavy atom. The second-order valence-corrected chi connectivity index (χ2v) is 10.1. The van der Waals surface area contributed by atoms with Crippen LogP contribution in [0.3, 0.4) is 0 Å². The highest BCUT2D eigenvalue weighted by Gasteiger charge is 2.27. The van der Waals surface area contributed by atoms with Gasteiger partial charge in [-0.2, -0.15) is 8.78 Å². The summed E-state index contributed by atoms with van der Waals surface area (Å²) < 4.78 is 48.9. The molecule has 1 aliphatic heterocycles. The molecule has 0 aliphatic carbocycles. The van der Waals surface area contributed by atoms with E-state index < -0.39 is 23.8 Å². The SMILES string of the molecule is CC(C)(O)c1ncc(-c2ccc3nc4n(c3c2)Cc2c(c(-c3cccnc3)cc(F)c2OC(F)F)NCC4)cn1. The van der Waals surface area contributed by atoms with E-state index in [2.05, 4.69) is 20.3 Å².